The van der Waals surface area contributed by atoms with Crippen molar-refractivity contribution >= 4 is 5.97 Å². The lowest BCUT2D eigenvalue weighted by Crippen LogP contribution is -2.37. The summed E-state index contributed by atoms with van der Waals surface area (Å²) in [6.07, 6.45) is 2.42. The lowest BCUT2D eigenvalue weighted by Gasteiger charge is -2.10. The van der Waals surface area contributed by atoms with Crippen molar-refractivity contribution in [2.45, 2.75) is 25.8 Å². The zero-order valence-corrected chi connectivity index (χ0v) is 7.93. The fraction of sp³-hybridized carbons (Fsp3) is 0.625. The van der Waals surface area contributed by atoms with Crippen LogP contribution in [0.1, 0.15) is 19.2 Å². The minimum atomic E-state index is -0.835. The van der Waals surface area contributed by atoms with Crippen molar-refractivity contribution in [2.75, 3.05) is 6.54 Å². The lowest BCUT2D eigenvalue weighted by atomic mass is 10.2. The van der Waals surface area contributed by atoms with Crippen LogP contribution in [0.3, 0.4) is 0 Å². The molecule has 0 saturated carbocycles. The van der Waals surface area contributed by atoms with Crippen LogP contribution >= 0.6 is 0 Å². The van der Waals surface area contributed by atoms with Crippen LogP contribution in [0.5, 0.6) is 0 Å². The Balaban J connectivity index is 2.23. The Morgan fingerprint density at radius 2 is 2.57 bits per heavy atom. The second-order valence-electron chi connectivity index (χ2n) is 2.84. The average Bonchev–Trinajstić information content (AvgIpc) is 2.64. The summed E-state index contributed by atoms with van der Waals surface area (Å²) >= 11 is 0. The van der Waals surface area contributed by atoms with E-state index in [1.807, 2.05) is 6.92 Å². The third-order valence-corrected chi connectivity index (χ3v) is 1.84. The van der Waals surface area contributed by atoms with Gasteiger partial charge in [-0.3, -0.25) is 4.79 Å². The van der Waals surface area contributed by atoms with Crippen molar-refractivity contribution in [3.8, 4) is 0 Å². The molecule has 0 fully saturated rings. The van der Waals surface area contributed by atoms with E-state index >= 15 is 0 Å². The van der Waals surface area contributed by atoms with Gasteiger partial charge in [0.1, 0.15) is 6.04 Å². The van der Waals surface area contributed by atoms with E-state index in [2.05, 4.69) is 15.5 Å². The molecule has 14 heavy (non-hydrogen) atoms. The van der Waals surface area contributed by atoms with E-state index in [9.17, 15) is 4.79 Å². The Kier molecular flexibility index (Phi) is 4.06. The molecule has 78 valence electrons. The van der Waals surface area contributed by atoms with Gasteiger partial charge in [-0.15, -0.1) is 0 Å². The van der Waals surface area contributed by atoms with E-state index in [0.29, 0.717) is 25.3 Å². The first-order chi connectivity index (χ1) is 6.74. The number of aliphatic carboxylic acids is 1. The Morgan fingerprint density at radius 1 is 1.79 bits per heavy atom. The van der Waals surface area contributed by atoms with Gasteiger partial charge in [-0.2, -0.15) is 4.98 Å². The molecule has 1 heterocycles. The van der Waals surface area contributed by atoms with E-state index in [0.717, 1.165) is 0 Å². The summed E-state index contributed by atoms with van der Waals surface area (Å²) < 4.78 is 4.76. The van der Waals surface area contributed by atoms with Gasteiger partial charge >= 0.3 is 5.97 Å². The van der Waals surface area contributed by atoms with Gasteiger partial charge in [0.05, 0.1) is 0 Å². The predicted molar refractivity (Wildman–Crippen MR) is 47.7 cm³/mol. The van der Waals surface area contributed by atoms with Crippen LogP contribution in [0.25, 0.3) is 0 Å². The fourth-order valence-corrected chi connectivity index (χ4v) is 1.07. The highest BCUT2D eigenvalue weighted by Gasteiger charge is 2.13. The molecular weight excluding hydrogens is 186 g/mol. The maximum Gasteiger partial charge on any atom is 0.320 e. The second-order valence-corrected chi connectivity index (χ2v) is 2.84. The van der Waals surface area contributed by atoms with E-state index in [1.54, 1.807) is 0 Å². The van der Waals surface area contributed by atoms with Crippen LogP contribution in [0.15, 0.2) is 10.9 Å². The number of hydrogen-bond donors (Lipinski definition) is 2. The minimum absolute atomic E-state index is 0.502. The number of carbonyl (C=O) groups is 1. The first-order valence-electron chi connectivity index (χ1n) is 4.45. The van der Waals surface area contributed by atoms with Crippen LogP contribution in [-0.4, -0.2) is 33.8 Å². The number of carboxylic acids is 1. The zero-order valence-electron chi connectivity index (χ0n) is 7.93. The molecule has 2 N–H and O–H groups in total. The second kappa shape index (κ2) is 5.33. The molecule has 0 aliphatic heterocycles. The molecule has 1 aromatic heterocycles. The van der Waals surface area contributed by atoms with Gasteiger partial charge in [-0.25, -0.2) is 0 Å². The number of nitrogens with zero attached hydrogens (tertiary/aromatic N) is 2. The molecule has 0 bridgehead atoms. The molecule has 1 aromatic rings. The van der Waals surface area contributed by atoms with Crippen molar-refractivity contribution < 1.29 is 14.4 Å². The minimum Gasteiger partial charge on any atom is -0.480 e. The molecule has 6 heteroatoms. The normalized spacial score (nSPS) is 12.6. The zero-order chi connectivity index (χ0) is 10.4. The largest absolute Gasteiger partial charge is 0.480 e. The lowest BCUT2D eigenvalue weighted by molar-refractivity contribution is -0.139. The van der Waals surface area contributed by atoms with Crippen LogP contribution in [-0.2, 0) is 11.2 Å². The van der Waals surface area contributed by atoms with Crippen LogP contribution in [0.2, 0.25) is 0 Å². The monoisotopic (exact) mass is 199 g/mol. The van der Waals surface area contributed by atoms with Crippen molar-refractivity contribution in [1.29, 1.82) is 0 Å². The van der Waals surface area contributed by atoms with Gasteiger partial charge in [0.15, 0.2) is 6.33 Å². The molecule has 1 rings (SSSR count). The summed E-state index contributed by atoms with van der Waals surface area (Å²) in [7, 11) is 0. The van der Waals surface area contributed by atoms with E-state index < -0.39 is 12.0 Å². The predicted octanol–water partition coefficient (Wildman–Crippen LogP) is 0.0649. The van der Waals surface area contributed by atoms with Crippen LogP contribution in [0.4, 0.5) is 0 Å². The topological polar surface area (TPSA) is 88.3 Å². The summed E-state index contributed by atoms with van der Waals surface area (Å²) in [6, 6.07) is -0.502. The highest BCUT2D eigenvalue weighted by Crippen LogP contribution is 1.94. The molecule has 0 aliphatic carbocycles. The van der Waals surface area contributed by atoms with Crippen LogP contribution in [0, 0.1) is 0 Å². The van der Waals surface area contributed by atoms with Gasteiger partial charge in [0, 0.05) is 13.0 Å². The van der Waals surface area contributed by atoms with Crippen LogP contribution < -0.4 is 5.32 Å². The van der Waals surface area contributed by atoms with Gasteiger partial charge < -0.3 is 14.9 Å². The summed E-state index contributed by atoms with van der Waals surface area (Å²) in [4.78, 5) is 14.4. The third kappa shape index (κ3) is 3.14. The number of hydrogen-bond acceptors (Lipinski definition) is 5. The maximum atomic E-state index is 10.6. The van der Waals surface area contributed by atoms with Crippen molar-refractivity contribution in [3.63, 3.8) is 0 Å². The summed E-state index contributed by atoms with van der Waals surface area (Å²) in [5.74, 6) is -0.323. The quantitative estimate of drug-likeness (QED) is 0.673. The Labute approximate surface area is 81.3 Å². The molecule has 0 aliphatic rings. The highest BCUT2D eigenvalue weighted by molar-refractivity contribution is 5.73. The molecule has 0 aromatic carbocycles. The molecule has 1 unspecified atom stereocenters. The molecule has 0 radical (unpaired) electrons. The summed E-state index contributed by atoms with van der Waals surface area (Å²) in [6.45, 7) is 2.34. The van der Waals surface area contributed by atoms with Gasteiger partial charge in [-0.05, 0) is 6.42 Å². The Bertz CT molecular complexity index is 273. The first-order valence-corrected chi connectivity index (χ1v) is 4.45. The summed E-state index contributed by atoms with van der Waals surface area (Å²) in [5, 5.41) is 15.0. The van der Waals surface area contributed by atoms with Crippen molar-refractivity contribution in [3.05, 3.63) is 12.2 Å². The number of carboxylic acid groups (broad SMARTS) is 1. The fourth-order valence-electron chi connectivity index (χ4n) is 1.07. The SMILES string of the molecule is CCC(NCCc1ncno1)C(=O)O. The molecule has 0 saturated heterocycles. The van der Waals surface area contributed by atoms with Gasteiger partial charge in [-0.1, -0.05) is 12.1 Å². The molecule has 6 nitrogen and oxygen atoms in total. The van der Waals surface area contributed by atoms with E-state index in [-0.39, 0.29) is 0 Å². The number of nitrogens with one attached hydrogen (secondary N) is 1. The molecule has 1 atom stereocenters. The smallest absolute Gasteiger partial charge is 0.320 e. The molecule has 0 amide bonds. The first kappa shape index (κ1) is 10.6. The van der Waals surface area contributed by atoms with Crippen molar-refractivity contribution in [1.82, 2.24) is 15.5 Å². The highest BCUT2D eigenvalue weighted by atomic mass is 16.5. The Morgan fingerprint density at radius 3 is 3.07 bits per heavy atom. The average molecular weight is 199 g/mol. The maximum absolute atomic E-state index is 10.6. The van der Waals surface area contributed by atoms with Crippen molar-refractivity contribution in [2.24, 2.45) is 0 Å². The number of aromatic nitrogens is 2. The summed E-state index contributed by atoms with van der Waals surface area (Å²) in [5.41, 5.74) is 0. The number of rotatable bonds is 6. The van der Waals surface area contributed by atoms with Gasteiger partial charge in [0.2, 0.25) is 5.89 Å². The molecular formula is C8H13N3O3. The Hall–Kier alpha value is -1.43. The standard InChI is InChI=1S/C8H13N3O3/c1-2-6(8(12)13)9-4-3-7-10-5-11-14-7/h5-6,9H,2-4H2,1H3,(H,12,13). The third-order valence-electron chi connectivity index (χ3n) is 1.84. The van der Waals surface area contributed by atoms with E-state index in [1.165, 1.54) is 6.33 Å². The van der Waals surface area contributed by atoms with Gasteiger partial charge in [0.25, 0.3) is 0 Å². The van der Waals surface area contributed by atoms with E-state index in [4.69, 9.17) is 9.63 Å². The molecule has 0 spiro atoms.